The lowest BCUT2D eigenvalue weighted by molar-refractivity contribution is 0.197. The van der Waals surface area contributed by atoms with Crippen LogP contribution in [0.1, 0.15) is 73.0 Å². The zero-order chi connectivity index (χ0) is 24.4. The van der Waals surface area contributed by atoms with Gasteiger partial charge in [0.25, 0.3) is 0 Å². The zero-order valence-electron chi connectivity index (χ0n) is 21.9. The second-order valence-corrected chi connectivity index (χ2v) is 10.5. The summed E-state index contributed by atoms with van der Waals surface area (Å²) in [5, 5.41) is 0. The molecule has 0 amide bonds. The van der Waals surface area contributed by atoms with E-state index in [9.17, 15) is 0 Å². The Labute approximate surface area is 211 Å². The minimum absolute atomic E-state index is 0.330. The maximum Gasteiger partial charge on any atom is 0.128 e. The number of benzene rings is 2. The van der Waals surface area contributed by atoms with Gasteiger partial charge in [-0.3, -0.25) is 9.88 Å². The Morgan fingerprint density at radius 1 is 0.914 bits per heavy atom. The lowest BCUT2D eigenvalue weighted by Gasteiger charge is -2.27. The van der Waals surface area contributed by atoms with Crippen molar-refractivity contribution in [3.8, 4) is 17.0 Å². The maximum absolute atomic E-state index is 6.76. The molecule has 0 N–H and O–H groups in total. The Kier molecular flexibility index (Phi) is 7.24. The number of aryl methyl sites for hydroxylation is 3. The van der Waals surface area contributed by atoms with Gasteiger partial charge in [0.15, 0.2) is 0 Å². The summed E-state index contributed by atoms with van der Waals surface area (Å²) in [4.78, 5) is 7.72. The van der Waals surface area contributed by atoms with Crippen LogP contribution in [0.25, 0.3) is 11.3 Å². The van der Waals surface area contributed by atoms with Crippen LogP contribution in [-0.4, -0.2) is 29.1 Å². The summed E-state index contributed by atoms with van der Waals surface area (Å²) in [6, 6.07) is 18.4. The van der Waals surface area contributed by atoms with Crippen molar-refractivity contribution in [1.82, 2.24) is 9.88 Å². The van der Waals surface area contributed by atoms with Crippen molar-refractivity contribution in [2.24, 2.45) is 0 Å². The number of nitrogens with zero attached hydrogens (tertiary/aromatic N) is 2. The molecule has 0 atom stereocenters. The summed E-state index contributed by atoms with van der Waals surface area (Å²) < 4.78 is 6.76. The van der Waals surface area contributed by atoms with E-state index in [2.05, 4.69) is 81.2 Å². The first-order valence-corrected chi connectivity index (χ1v) is 13.6. The van der Waals surface area contributed by atoms with Crippen LogP contribution >= 0.6 is 0 Å². The molecule has 3 nitrogen and oxygen atoms in total. The molecule has 0 radical (unpaired) electrons. The first kappa shape index (κ1) is 24.1. The summed E-state index contributed by atoms with van der Waals surface area (Å²) in [6.45, 7) is 7.53. The van der Waals surface area contributed by atoms with Crippen molar-refractivity contribution in [2.45, 2.75) is 90.8 Å². The van der Waals surface area contributed by atoms with Crippen molar-refractivity contribution in [1.29, 1.82) is 0 Å². The summed E-state index contributed by atoms with van der Waals surface area (Å²) >= 11 is 0. The molecule has 0 saturated heterocycles. The summed E-state index contributed by atoms with van der Waals surface area (Å²) in [5.41, 5.74) is 10.5. The van der Waals surface area contributed by atoms with E-state index in [1.807, 2.05) is 0 Å². The van der Waals surface area contributed by atoms with Gasteiger partial charge in [-0.15, -0.1) is 0 Å². The molecule has 0 bridgehead atoms. The van der Waals surface area contributed by atoms with E-state index >= 15 is 0 Å². The van der Waals surface area contributed by atoms with E-state index in [1.54, 1.807) is 0 Å². The fourth-order valence-corrected chi connectivity index (χ4v) is 6.08. The van der Waals surface area contributed by atoms with Gasteiger partial charge in [-0.05, 0) is 87.6 Å². The monoisotopic (exact) mass is 468 g/mol. The van der Waals surface area contributed by atoms with Gasteiger partial charge in [0.2, 0.25) is 0 Å². The van der Waals surface area contributed by atoms with E-state index in [4.69, 9.17) is 9.72 Å². The quantitative estimate of drug-likeness (QED) is 0.352. The number of likely N-dealkylation sites (N-methyl/N-ethyl adjacent to an activating group) is 1. The average molecular weight is 469 g/mol. The van der Waals surface area contributed by atoms with Crippen molar-refractivity contribution in [3.63, 3.8) is 0 Å². The molecule has 2 aromatic carbocycles. The highest BCUT2D eigenvalue weighted by Gasteiger charge is 2.27. The van der Waals surface area contributed by atoms with Crippen LogP contribution in [0.3, 0.4) is 0 Å². The minimum Gasteiger partial charge on any atom is -0.490 e. The molecule has 1 aromatic heterocycles. The SMILES string of the molecule is CCc1cccc(CC)c1-c1cc(OC2CCCC2)c(CN(C)C2Cc3ccccc3C2)c(C)n1. The lowest BCUT2D eigenvalue weighted by atomic mass is 9.94. The molecule has 35 heavy (non-hydrogen) atoms. The Hall–Kier alpha value is -2.65. The molecule has 5 rings (SSSR count). The number of hydrogen-bond donors (Lipinski definition) is 0. The Balaban J connectivity index is 1.49. The van der Waals surface area contributed by atoms with Crippen LogP contribution in [-0.2, 0) is 32.2 Å². The van der Waals surface area contributed by atoms with E-state index in [0.29, 0.717) is 12.1 Å². The van der Waals surface area contributed by atoms with Gasteiger partial charge in [-0.2, -0.15) is 0 Å². The van der Waals surface area contributed by atoms with Gasteiger partial charge in [0.05, 0.1) is 11.8 Å². The molecule has 3 heteroatoms. The predicted octanol–water partition coefficient (Wildman–Crippen LogP) is 7.10. The molecule has 2 aliphatic carbocycles. The van der Waals surface area contributed by atoms with Gasteiger partial charge in [-0.1, -0.05) is 56.3 Å². The van der Waals surface area contributed by atoms with Gasteiger partial charge < -0.3 is 4.74 Å². The van der Waals surface area contributed by atoms with E-state index in [-0.39, 0.29) is 0 Å². The smallest absolute Gasteiger partial charge is 0.128 e. The van der Waals surface area contributed by atoms with Crippen molar-refractivity contribution in [3.05, 3.63) is 82.0 Å². The molecule has 1 fully saturated rings. The van der Waals surface area contributed by atoms with Crippen LogP contribution in [0.15, 0.2) is 48.5 Å². The third-order valence-corrected chi connectivity index (χ3v) is 8.20. The molecule has 184 valence electrons. The third-order valence-electron chi connectivity index (χ3n) is 8.20. The highest BCUT2D eigenvalue weighted by Crippen LogP contribution is 2.36. The van der Waals surface area contributed by atoms with Gasteiger partial charge in [-0.25, -0.2) is 0 Å². The zero-order valence-corrected chi connectivity index (χ0v) is 21.9. The summed E-state index contributed by atoms with van der Waals surface area (Å²) in [5.74, 6) is 1.05. The van der Waals surface area contributed by atoms with E-state index in [1.165, 1.54) is 46.2 Å². The first-order chi connectivity index (χ1) is 17.1. The number of ether oxygens (including phenoxy) is 1. The fourth-order valence-electron chi connectivity index (χ4n) is 6.08. The number of hydrogen-bond acceptors (Lipinski definition) is 3. The van der Waals surface area contributed by atoms with Crippen LogP contribution in [0.4, 0.5) is 0 Å². The molecule has 0 unspecified atom stereocenters. The molecule has 1 saturated carbocycles. The van der Waals surface area contributed by atoms with Crippen molar-refractivity contribution >= 4 is 0 Å². The van der Waals surface area contributed by atoms with Crippen LogP contribution in [0, 0.1) is 6.92 Å². The van der Waals surface area contributed by atoms with Gasteiger partial charge >= 0.3 is 0 Å². The number of pyridine rings is 1. The molecular formula is C32H40N2O. The Morgan fingerprint density at radius 2 is 1.54 bits per heavy atom. The fraction of sp³-hybridized carbons (Fsp3) is 0.469. The molecule has 3 aromatic rings. The van der Waals surface area contributed by atoms with Crippen LogP contribution in [0.5, 0.6) is 5.75 Å². The molecular weight excluding hydrogens is 428 g/mol. The second kappa shape index (κ2) is 10.5. The molecule has 2 aliphatic rings. The topological polar surface area (TPSA) is 25.4 Å². The maximum atomic E-state index is 6.76. The first-order valence-electron chi connectivity index (χ1n) is 13.6. The summed E-state index contributed by atoms with van der Waals surface area (Å²) in [6.07, 6.45) is 9.47. The minimum atomic E-state index is 0.330. The van der Waals surface area contributed by atoms with Gasteiger partial charge in [0.1, 0.15) is 5.75 Å². The molecule has 0 aliphatic heterocycles. The Morgan fingerprint density at radius 3 is 2.14 bits per heavy atom. The second-order valence-electron chi connectivity index (χ2n) is 10.5. The average Bonchev–Trinajstić information content (AvgIpc) is 3.55. The van der Waals surface area contributed by atoms with Crippen LogP contribution in [0.2, 0.25) is 0 Å². The number of rotatable bonds is 8. The molecule has 1 heterocycles. The highest BCUT2D eigenvalue weighted by molar-refractivity contribution is 5.70. The predicted molar refractivity (Wildman–Crippen MR) is 145 cm³/mol. The van der Waals surface area contributed by atoms with Crippen molar-refractivity contribution < 1.29 is 4.74 Å². The Bertz CT molecular complexity index is 1130. The number of aromatic nitrogens is 1. The highest BCUT2D eigenvalue weighted by atomic mass is 16.5. The third kappa shape index (κ3) is 5.02. The summed E-state index contributed by atoms with van der Waals surface area (Å²) in [7, 11) is 2.27. The lowest BCUT2D eigenvalue weighted by Crippen LogP contribution is -2.32. The largest absolute Gasteiger partial charge is 0.490 e. The van der Waals surface area contributed by atoms with Crippen LogP contribution < -0.4 is 4.74 Å². The normalized spacial score (nSPS) is 16.3. The van der Waals surface area contributed by atoms with Gasteiger partial charge in [0, 0.05) is 35.5 Å². The van der Waals surface area contributed by atoms with Crippen molar-refractivity contribution in [2.75, 3.05) is 7.05 Å². The number of fused-ring (bicyclic) bond motifs is 1. The molecule has 0 spiro atoms. The standard InChI is InChI=1S/C32H40N2O/c1-5-23-14-11-15-24(6-2)32(23)30-20-31(35-28-16-9-10-17-28)29(22(3)33-30)21-34(4)27-18-25-12-7-8-13-26(25)19-27/h7-8,11-15,20,27-28H,5-6,9-10,16-19,21H2,1-4H3. The van der Waals surface area contributed by atoms with E-state index in [0.717, 1.165) is 62.2 Å². The van der Waals surface area contributed by atoms with E-state index < -0.39 is 0 Å².